The molecule has 128 valence electrons. The van der Waals surface area contributed by atoms with Crippen molar-refractivity contribution in [3.63, 3.8) is 0 Å². The summed E-state index contributed by atoms with van der Waals surface area (Å²) in [6.07, 6.45) is 3.32. The van der Waals surface area contributed by atoms with Crippen LogP contribution in [0.25, 0.3) is 0 Å². The summed E-state index contributed by atoms with van der Waals surface area (Å²) in [5.74, 6) is -0.722. The summed E-state index contributed by atoms with van der Waals surface area (Å²) in [4.78, 5) is 4.35. The first-order chi connectivity index (χ1) is 11.0. The van der Waals surface area contributed by atoms with Gasteiger partial charge in [0, 0.05) is 24.1 Å². The Balaban J connectivity index is 2.19. The van der Waals surface area contributed by atoms with Crippen molar-refractivity contribution in [2.24, 2.45) is 10.7 Å². The monoisotopic (exact) mass is 325 g/mol. The lowest BCUT2D eigenvalue weighted by Gasteiger charge is -2.29. The molecule has 1 aliphatic rings. The molecule has 1 fully saturated rings. The number of hydrogen-bond acceptors (Lipinski definition) is 2. The second-order valence-electron chi connectivity index (χ2n) is 6.29. The number of aliphatic imine (C=N–C) groups is 1. The molecule has 0 spiro atoms. The molecule has 1 saturated carbocycles. The van der Waals surface area contributed by atoms with Gasteiger partial charge in [-0.2, -0.15) is 0 Å². The smallest absolute Gasteiger partial charge is 0.188 e. The van der Waals surface area contributed by atoms with Gasteiger partial charge >= 0.3 is 0 Å². The highest BCUT2D eigenvalue weighted by Crippen LogP contribution is 2.43. The number of methoxy groups -OCH3 is 1. The number of halogens is 2. The number of benzene rings is 1. The largest absolute Gasteiger partial charge is 0.383 e. The van der Waals surface area contributed by atoms with Gasteiger partial charge in [0.25, 0.3) is 0 Å². The molecule has 1 aromatic carbocycles. The molecule has 0 radical (unpaired) electrons. The highest BCUT2D eigenvalue weighted by molar-refractivity contribution is 5.78. The van der Waals surface area contributed by atoms with Crippen molar-refractivity contribution >= 4 is 5.96 Å². The Morgan fingerprint density at radius 3 is 2.52 bits per heavy atom. The first-order valence-corrected chi connectivity index (χ1v) is 7.98. The minimum atomic E-state index is -0.605. The van der Waals surface area contributed by atoms with E-state index in [1.54, 1.807) is 7.11 Å². The van der Waals surface area contributed by atoms with E-state index < -0.39 is 17.0 Å². The van der Waals surface area contributed by atoms with Gasteiger partial charge in [-0.1, -0.05) is 18.9 Å². The zero-order chi connectivity index (χ0) is 16.9. The fourth-order valence-corrected chi connectivity index (χ4v) is 3.37. The Morgan fingerprint density at radius 1 is 1.35 bits per heavy atom. The Morgan fingerprint density at radius 2 is 1.96 bits per heavy atom. The van der Waals surface area contributed by atoms with Crippen LogP contribution in [0.1, 0.15) is 38.2 Å². The average molecular weight is 325 g/mol. The van der Waals surface area contributed by atoms with Gasteiger partial charge in [-0.25, -0.2) is 8.78 Å². The molecule has 0 aromatic heterocycles. The Kier molecular flexibility index (Phi) is 5.93. The predicted molar refractivity (Wildman–Crippen MR) is 87.5 cm³/mol. The third-order valence-electron chi connectivity index (χ3n) is 4.42. The number of ether oxygens (including phenoxy) is 1. The van der Waals surface area contributed by atoms with E-state index in [1.807, 2.05) is 6.92 Å². The summed E-state index contributed by atoms with van der Waals surface area (Å²) in [5, 5.41) is 3.02. The van der Waals surface area contributed by atoms with E-state index in [0.29, 0.717) is 6.61 Å². The molecule has 0 aliphatic heterocycles. The lowest BCUT2D eigenvalue weighted by Crippen LogP contribution is -2.41. The van der Waals surface area contributed by atoms with Gasteiger partial charge in [0.05, 0.1) is 13.2 Å². The van der Waals surface area contributed by atoms with E-state index >= 15 is 0 Å². The fourth-order valence-electron chi connectivity index (χ4n) is 3.37. The van der Waals surface area contributed by atoms with E-state index in [1.165, 1.54) is 18.2 Å². The number of nitrogens with two attached hydrogens (primary N) is 1. The van der Waals surface area contributed by atoms with Gasteiger partial charge in [0.15, 0.2) is 5.96 Å². The van der Waals surface area contributed by atoms with Crippen LogP contribution < -0.4 is 11.1 Å². The average Bonchev–Trinajstić information content (AvgIpc) is 2.95. The molecule has 0 heterocycles. The Labute approximate surface area is 136 Å². The highest BCUT2D eigenvalue weighted by Gasteiger charge is 2.39. The SMILES string of the molecule is COCC(C)NC(N)=NCC1(c2c(F)cccc2F)CCCC1. The van der Waals surface area contributed by atoms with Crippen molar-refractivity contribution in [1.29, 1.82) is 0 Å². The molecule has 0 amide bonds. The van der Waals surface area contributed by atoms with E-state index in [2.05, 4.69) is 10.3 Å². The molecule has 3 N–H and O–H groups in total. The zero-order valence-corrected chi connectivity index (χ0v) is 13.7. The summed E-state index contributed by atoms with van der Waals surface area (Å²) in [6.45, 7) is 2.71. The minimum Gasteiger partial charge on any atom is -0.383 e. The molecule has 1 unspecified atom stereocenters. The maximum Gasteiger partial charge on any atom is 0.188 e. The van der Waals surface area contributed by atoms with Crippen LogP contribution in [0.2, 0.25) is 0 Å². The van der Waals surface area contributed by atoms with Crippen molar-refractivity contribution in [2.75, 3.05) is 20.3 Å². The van der Waals surface area contributed by atoms with Crippen LogP contribution in [-0.2, 0) is 10.2 Å². The summed E-state index contributed by atoms with van der Waals surface area (Å²) in [5.41, 5.74) is 5.44. The summed E-state index contributed by atoms with van der Waals surface area (Å²) < 4.78 is 33.5. The minimum absolute atomic E-state index is 0.0217. The molecule has 2 rings (SSSR count). The topological polar surface area (TPSA) is 59.6 Å². The molecular formula is C17H25F2N3O. The lowest BCUT2D eigenvalue weighted by molar-refractivity contribution is 0.179. The van der Waals surface area contributed by atoms with Gasteiger partial charge in [-0.3, -0.25) is 4.99 Å². The number of nitrogens with zero attached hydrogens (tertiary/aromatic N) is 1. The van der Waals surface area contributed by atoms with Gasteiger partial charge < -0.3 is 15.8 Å². The zero-order valence-electron chi connectivity index (χ0n) is 13.7. The van der Waals surface area contributed by atoms with Crippen molar-refractivity contribution in [2.45, 2.75) is 44.1 Å². The van der Waals surface area contributed by atoms with Crippen LogP contribution in [0.5, 0.6) is 0 Å². The maximum atomic E-state index is 14.2. The number of hydrogen-bond donors (Lipinski definition) is 2. The molecule has 4 nitrogen and oxygen atoms in total. The second-order valence-corrected chi connectivity index (χ2v) is 6.29. The Hall–Kier alpha value is -1.69. The van der Waals surface area contributed by atoms with Crippen molar-refractivity contribution in [3.8, 4) is 0 Å². The van der Waals surface area contributed by atoms with Crippen LogP contribution in [0.4, 0.5) is 8.78 Å². The first-order valence-electron chi connectivity index (χ1n) is 7.98. The van der Waals surface area contributed by atoms with Crippen LogP contribution >= 0.6 is 0 Å². The molecule has 1 aliphatic carbocycles. The molecular weight excluding hydrogens is 300 g/mol. The van der Waals surface area contributed by atoms with Crippen LogP contribution in [0, 0.1) is 11.6 Å². The molecule has 0 bridgehead atoms. The first kappa shape index (κ1) is 17.7. The molecule has 1 atom stereocenters. The molecule has 23 heavy (non-hydrogen) atoms. The van der Waals surface area contributed by atoms with Gasteiger partial charge in [0.2, 0.25) is 0 Å². The summed E-state index contributed by atoms with van der Waals surface area (Å²) in [7, 11) is 1.61. The molecule has 6 heteroatoms. The number of nitrogens with one attached hydrogen (secondary N) is 1. The van der Waals surface area contributed by atoms with E-state index in [4.69, 9.17) is 10.5 Å². The van der Waals surface area contributed by atoms with Crippen molar-refractivity contribution < 1.29 is 13.5 Å². The maximum absolute atomic E-state index is 14.2. The lowest BCUT2D eigenvalue weighted by atomic mass is 9.78. The van der Waals surface area contributed by atoms with Gasteiger partial charge in [-0.05, 0) is 31.9 Å². The van der Waals surface area contributed by atoms with Crippen molar-refractivity contribution in [3.05, 3.63) is 35.4 Å². The summed E-state index contributed by atoms with van der Waals surface area (Å²) >= 11 is 0. The highest BCUT2D eigenvalue weighted by atomic mass is 19.1. The third kappa shape index (κ3) is 4.19. The van der Waals surface area contributed by atoms with Gasteiger partial charge in [-0.15, -0.1) is 0 Å². The van der Waals surface area contributed by atoms with E-state index in [9.17, 15) is 8.78 Å². The Bertz CT molecular complexity index is 537. The number of guanidine groups is 1. The fraction of sp³-hybridized carbons (Fsp3) is 0.588. The van der Waals surface area contributed by atoms with Gasteiger partial charge in [0.1, 0.15) is 11.6 Å². The quantitative estimate of drug-likeness (QED) is 0.624. The van der Waals surface area contributed by atoms with Crippen LogP contribution in [-0.4, -0.2) is 32.3 Å². The standard InChI is InChI=1S/C17H25F2N3O/c1-12(10-23-2)22-16(20)21-11-17(8-3-4-9-17)15-13(18)6-5-7-14(15)19/h5-7,12H,3-4,8-11H2,1-2H3,(H3,20,21,22). The van der Waals surface area contributed by atoms with Crippen molar-refractivity contribution in [1.82, 2.24) is 5.32 Å². The normalized spacial score (nSPS) is 18.9. The van der Waals surface area contributed by atoms with Crippen LogP contribution in [0.3, 0.4) is 0 Å². The second kappa shape index (κ2) is 7.73. The molecule has 1 aromatic rings. The van der Waals surface area contributed by atoms with E-state index in [-0.39, 0.29) is 24.1 Å². The predicted octanol–water partition coefficient (Wildman–Crippen LogP) is 2.72. The van der Waals surface area contributed by atoms with Crippen LogP contribution in [0.15, 0.2) is 23.2 Å². The summed E-state index contributed by atoms with van der Waals surface area (Å²) in [6, 6.07) is 4.03. The number of rotatable bonds is 6. The van der Waals surface area contributed by atoms with E-state index in [0.717, 1.165) is 25.7 Å². The third-order valence-corrected chi connectivity index (χ3v) is 4.42. The molecule has 0 saturated heterocycles.